The summed E-state index contributed by atoms with van der Waals surface area (Å²) < 4.78 is 24.8. The molecule has 0 fully saturated rings. The first-order valence-corrected chi connectivity index (χ1v) is 14.8. The van der Waals surface area contributed by atoms with E-state index in [1.54, 1.807) is 7.11 Å². The average Bonchev–Trinajstić information content (AvgIpc) is 2.79. The SMILES string of the molecule is C=C[C@H](O)[C@H]1O[C@H](CO[Si](C(C)C)(C(C)C)C(C)C)C/C=C\C[C@@H]1OCc1ccc(OC)cc1. The van der Waals surface area contributed by atoms with Crippen LogP contribution < -0.4 is 4.74 Å². The Kier molecular flexibility index (Phi) is 11.5. The van der Waals surface area contributed by atoms with Crippen molar-refractivity contribution < 1.29 is 23.7 Å². The lowest BCUT2D eigenvalue weighted by molar-refractivity contribution is -0.146. The minimum atomic E-state index is -2.01. The molecule has 0 saturated heterocycles. The molecular weight excluding hydrogens is 444 g/mol. The van der Waals surface area contributed by atoms with Crippen LogP contribution in [-0.2, 0) is 20.5 Å². The number of hydrogen-bond donors (Lipinski definition) is 1. The molecule has 0 aliphatic carbocycles. The van der Waals surface area contributed by atoms with Gasteiger partial charge in [0, 0.05) is 0 Å². The zero-order valence-corrected chi connectivity index (χ0v) is 23.2. The molecule has 5 nitrogen and oxygen atoms in total. The Balaban J connectivity index is 2.15. The zero-order valence-electron chi connectivity index (χ0n) is 22.2. The van der Waals surface area contributed by atoms with Crippen molar-refractivity contribution in [1.82, 2.24) is 0 Å². The molecule has 34 heavy (non-hydrogen) atoms. The molecule has 0 aromatic heterocycles. The molecule has 1 heterocycles. The van der Waals surface area contributed by atoms with E-state index >= 15 is 0 Å². The van der Waals surface area contributed by atoms with E-state index in [1.165, 1.54) is 6.08 Å². The summed E-state index contributed by atoms with van der Waals surface area (Å²) in [5, 5.41) is 10.8. The first kappa shape index (κ1) is 28.8. The van der Waals surface area contributed by atoms with Crippen LogP contribution in [0.15, 0.2) is 49.1 Å². The Bertz CT molecular complexity index is 737. The number of aliphatic hydroxyl groups is 1. The van der Waals surface area contributed by atoms with Crippen LogP contribution in [0.1, 0.15) is 59.9 Å². The monoisotopic (exact) mass is 490 g/mol. The minimum Gasteiger partial charge on any atom is -0.497 e. The molecule has 1 aromatic rings. The maximum atomic E-state index is 10.8. The largest absolute Gasteiger partial charge is 0.497 e. The number of aliphatic hydroxyl groups excluding tert-OH is 1. The first-order valence-electron chi connectivity index (χ1n) is 12.6. The normalized spacial score (nSPS) is 23.6. The summed E-state index contributed by atoms with van der Waals surface area (Å²) in [6.45, 7) is 18.5. The molecule has 0 unspecified atom stereocenters. The van der Waals surface area contributed by atoms with E-state index in [-0.39, 0.29) is 12.2 Å². The summed E-state index contributed by atoms with van der Waals surface area (Å²) in [6, 6.07) is 7.82. The molecule has 4 atom stereocenters. The lowest BCUT2D eigenvalue weighted by Gasteiger charge is -2.43. The number of rotatable bonds is 12. The van der Waals surface area contributed by atoms with Crippen molar-refractivity contribution in [3.05, 3.63) is 54.6 Å². The standard InChI is InChI=1S/C28H46O5Si/c1-9-26(29)28-27(31-18-23-14-16-24(30-8)17-15-23)13-11-10-12-25(33-28)19-32-34(20(2)3,21(4)5)22(6)7/h9-11,14-17,20-22,25-29H,1,12-13,18-19H2,2-8H3/b11-10-/t25-,26-,27-,28+/m0/s1. The quantitative estimate of drug-likeness (QED) is 0.270. The maximum Gasteiger partial charge on any atom is 0.200 e. The molecule has 1 aliphatic rings. The van der Waals surface area contributed by atoms with Crippen molar-refractivity contribution in [2.75, 3.05) is 13.7 Å². The maximum absolute atomic E-state index is 10.8. The predicted octanol–water partition coefficient (Wildman–Crippen LogP) is 6.42. The second-order valence-corrected chi connectivity index (χ2v) is 15.7. The van der Waals surface area contributed by atoms with Gasteiger partial charge in [-0.15, -0.1) is 6.58 Å². The molecule has 2 rings (SSSR count). The van der Waals surface area contributed by atoms with Gasteiger partial charge in [-0.25, -0.2) is 0 Å². The van der Waals surface area contributed by atoms with E-state index in [4.69, 9.17) is 18.6 Å². The summed E-state index contributed by atoms with van der Waals surface area (Å²) in [7, 11) is -0.357. The summed E-state index contributed by atoms with van der Waals surface area (Å²) in [6.07, 6.45) is 5.47. The highest BCUT2D eigenvalue weighted by atomic mass is 28.4. The van der Waals surface area contributed by atoms with Crippen molar-refractivity contribution in [1.29, 1.82) is 0 Å². The van der Waals surface area contributed by atoms with Gasteiger partial charge < -0.3 is 23.7 Å². The van der Waals surface area contributed by atoms with Crippen LogP contribution in [0.4, 0.5) is 0 Å². The molecule has 6 heteroatoms. The van der Waals surface area contributed by atoms with Gasteiger partial charge in [0.25, 0.3) is 0 Å². The Morgan fingerprint density at radius 1 is 1.03 bits per heavy atom. The third-order valence-corrected chi connectivity index (χ3v) is 13.2. The summed E-state index contributed by atoms with van der Waals surface area (Å²) in [5.74, 6) is 0.813. The molecular formula is C28H46O5Si. The van der Waals surface area contributed by atoms with E-state index < -0.39 is 20.5 Å². The molecule has 0 bridgehead atoms. The lowest BCUT2D eigenvalue weighted by Crippen LogP contribution is -2.50. The van der Waals surface area contributed by atoms with Crippen molar-refractivity contribution in [2.24, 2.45) is 0 Å². The fourth-order valence-corrected chi connectivity index (χ4v) is 10.8. The highest BCUT2D eigenvalue weighted by Gasteiger charge is 2.45. The van der Waals surface area contributed by atoms with Crippen LogP contribution >= 0.6 is 0 Å². The topological polar surface area (TPSA) is 57.2 Å². The molecule has 0 spiro atoms. The van der Waals surface area contributed by atoms with Gasteiger partial charge in [0.1, 0.15) is 18.0 Å². The van der Waals surface area contributed by atoms with Gasteiger partial charge in [-0.3, -0.25) is 0 Å². The second-order valence-electron chi connectivity index (χ2n) is 10.2. The molecule has 0 amide bonds. The fourth-order valence-electron chi connectivity index (χ4n) is 5.34. The summed E-state index contributed by atoms with van der Waals surface area (Å²) >= 11 is 0. The molecule has 0 radical (unpaired) electrons. The summed E-state index contributed by atoms with van der Waals surface area (Å²) in [5.41, 5.74) is 2.56. The average molecular weight is 491 g/mol. The van der Waals surface area contributed by atoms with E-state index in [1.807, 2.05) is 24.3 Å². The van der Waals surface area contributed by atoms with Crippen LogP contribution in [0.3, 0.4) is 0 Å². The Morgan fingerprint density at radius 2 is 1.62 bits per heavy atom. The van der Waals surface area contributed by atoms with Crippen molar-refractivity contribution in [2.45, 2.75) is 102 Å². The van der Waals surface area contributed by atoms with Crippen molar-refractivity contribution in [3.8, 4) is 5.75 Å². The number of methoxy groups -OCH3 is 1. The van der Waals surface area contributed by atoms with Gasteiger partial charge in [0.15, 0.2) is 8.32 Å². The van der Waals surface area contributed by atoms with E-state index in [9.17, 15) is 5.11 Å². The van der Waals surface area contributed by atoms with Crippen LogP contribution in [-0.4, -0.2) is 51.6 Å². The van der Waals surface area contributed by atoms with Gasteiger partial charge >= 0.3 is 0 Å². The molecule has 1 N–H and O–H groups in total. The third kappa shape index (κ3) is 7.28. The lowest BCUT2D eigenvalue weighted by atomic mass is 10.0. The second kappa shape index (κ2) is 13.6. The Morgan fingerprint density at radius 3 is 2.15 bits per heavy atom. The van der Waals surface area contributed by atoms with Gasteiger partial charge in [-0.1, -0.05) is 71.9 Å². The number of benzene rings is 1. The van der Waals surface area contributed by atoms with Crippen LogP contribution in [0.25, 0.3) is 0 Å². The first-order chi connectivity index (χ1) is 16.1. The Labute approximate surface area is 208 Å². The molecule has 0 saturated carbocycles. The highest BCUT2D eigenvalue weighted by molar-refractivity contribution is 6.77. The van der Waals surface area contributed by atoms with Gasteiger partial charge in [0.05, 0.1) is 32.5 Å². The third-order valence-electron chi connectivity index (χ3n) is 7.08. The van der Waals surface area contributed by atoms with E-state index in [2.05, 4.69) is 60.3 Å². The molecule has 1 aliphatic heterocycles. The van der Waals surface area contributed by atoms with Crippen LogP contribution in [0, 0.1) is 0 Å². The number of ether oxygens (including phenoxy) is 3. The minimum absolute atomic E-state index is 0.147. The van der Waals surface area contributed by atoms with Crippen LogP contribution in [0.5, 0.6) is 5.75 Å². The Hall–Kier alpha value is -1.44. The predicted molar refractivity (Wildman–Crippen MR) is 142 cm³/mol. The van der Waals surface area contributed by atoms with E-state index in [0.29, 0.717) is 36.3 Å². The number of hydrogen-bond acceptors (Lipinski definition) is 5. The van der Waals surface area contributed by atoms with Crippen molar-refractivity contribution in [3.63, 3.8) is 0 Å². The highest BCUT2D eigenvalue weighted by Crippen LogP contribution is 2.42. The van der Waals surface area contributed by atoms with E-state index in [0.717, 1.165) is 17.7 Å². The summed E-state index contributed by atoms with van der Waals surface area (Å²) in [4.78, 5) is 0. The van der Waals surface area contributed by atoms with Gasteiger partial charge in [-0.2, -0.15) is 0 Å². The van der Waals surface area contributed by atoms with Crippen molar-refractivity contribution >= 4 is 8.32 Å². The van der Waals surface area contributed by atoms with Crippen LogP contribution in [0.2, 0.25) is 16.6 Å². The zero-order chi connectivity index (χ0) is 25.3. The molecule has 1 aromatic carbocycles. The molecule has 192 valence electrons. The van der Waals surface area contributed by atoms with Gasteiger partial charge in [0.2, 0.25) is 0 Å². The van der Waals surface area contributed by atoms with Gasteiger partial charge in [-0.05, 0) is 47.2 Å². The fraction of sp³-hybridized carbons (Fsp3) is 0.643. The smallest absolute Gasteiger partial charge is 0.200 e.